The fraction of sp³-hybridized carbons (Fsp3) is 0.333. The highest BCUT2D eigenvalue weighted by Crippen LogP contribution is 2.49. The zero-order chi connectivity index (χ0) is 26.3. The lowest BCUT2D eigenvalue weighted by atomic mass is 9.86. The van der Waals surface area contributed by atoms with Crippen molar-refractivity contribution >= 4 is 58.0 Å². The Balaban J connectivity index is 1.60. The van der Waals surface area contributed by atoms with Gasteiger partial charge in [-0.15, -0.1) is 11.8 Å². The van der Waals surface area contributed by atoms with Gasteiger partial charge in [-0.3, -0.25) is 19.5 Å². The third-order valence-corrected chi connectivity index (χ3v) is 7.24. The molecule has 0 saturated carbocycles. The number of aryl methyl sites for hydroxylation is 1. The summed E-state index contributed by atoms with van der Waals surface area (Å²) in [5, 5.41) is 3.82. The first-order valence-corrected chi connectivity index (χ1v) is 12.6. The zero-order valence-electron chi connectivity index (χ0n) is 19.1. The molecule has 2 aromatic rings. The molecule has 12 heteroatoms. The van der Waals surface area contributed by atoms with E-state index in [-0.39, 0.29) is 39.5 Å². The Morgan fingerprint density at radius 2 is 1.89 bits per heavy atom. The van der Waals surface area contributed by atoms with Gasteiger partial charge < -0.3 is 4.84 Å². The van der Waals surface area contributed by atoms with Crippen LogP contribution in [0.2, 0.25) is 10.0 Å². The predicted octanol–water partition coefficient (Wildman–Crippen LogP) is 6.02. The smallest absolute Gasteiger partial charge is 0.374 e. The Morgan fingerprint density at radius 3 is 2.44 bits per heavy atom. The molecule has 2 aliphatic heterocycles. The summed E-state index contributed by atoms with van der Waals surface area (Å²) in [6.07, 6.45) is -5.43. The molecule has 0 aromatic heterocycles. The summed E-state index contributed by atoms with van der Waals surface area (Å²) in [6.45, 7) is 3.09. The second-order valence-corrected chi connectivity index (χ2v) is 10.2. The lowest BCUT2D eigenvalue weighted by Crippen LogP contribution is -2.42. The van der Waals surface area contributed by atoms with E-state index in [2.05, 4.69) is 10.1 Å². The molecule has 0 N–H and O–H groups in total. The van der Waals surface area contributed by atoms with E-state index >= 15 is 0 Å². The quantitative estimate of drug-likeness (QED) is 0.451. The highest BCUT2D eigenvalue weighted by Gasteiger charge is 2.62. The van der Waals surface area contributed by atoms with Crippen molar-refractivity contribution in [2.75, 3.05) is 12.3 Å². The Kier molecular flexibility index (Phi) is 7.41. The van der Waals surface area contributed by atoms with Gasteiger partial charge in [-0.25, -0.2) is 0 Å². The molecule has 0 saturated heterocycles. The lowest BCUT2D eigenvalue weighted by Gasteiger charge is -2.29. The number of nitrogens with zero attached hydrogens (tertiary/aromatic N) is 3. The number of halogens is 5. The van der Waals surface area contributed by atoms with Crippen LogP contribution in [0.3, 0.4) is 0 Å². The average Bonchev–Trinajstić information content (AvgIpc) is 3.46. The minimum absolute atomic E-state index is 0.0359. The van der Waals surface area contributed by atoms with E-state index in [4.69, 9.17) is 28.0 Å². The van der Waals surface area contributed by atoms with Crippen molar-refractivity contribution in [3.63, 3.8) is 0 Å². The van der Waals surface area contributed by atoms with E-state index in [1.165, 1.54) is 36.9 Å². The molecule has 0 bridgehead atoms. The second-order valence-electron chi connectivity index (χ2n) is 8.50. The molecule has 0 radical (unpaired) electrons. The number of alkyl halides is 3. The maximum absolute atomic E-state index is 14.3. The van der Waals surface area contributed by atoms with Gasteiger partial charge in [-0.05, 0) is 48.4 Å². The first-order valence-electron chi connectivity index (χ1n) is 10.8. The van der Waals surface area contributed by atoms with Crippen molar-refractivity contribution in [1.82, 2.24) is 4.90 Å². The monoisotopic (exact) mass is 557 g/mol. The van der Waals surface area contributed by atoms with Crippen LogP contribution in [0.5, 0.6) is 0 Å². The predicted molar refractivity (Wildman–Crippen MR) is 134 cm³/mol. The Hall–Kier alpha value is -2.56. The summed E-state index contributed by atoms with van der Waals surface area (Å²) in [7, 11) is 0. The number of benzene rings is 2. The van der Waals surface area contributed by atoms with Crippen LogP contribution in [0.1, 0.15) is 40.4 Å². The topological polar surface area (TPSA) is 71.3 Å². The number of hydrogen-bond acceptors (Lipinski definition) is 6. The Labute approximate surface area is 219 Å². The van der Waals surface area contributed by atoms with Crippen LogP contribution in [0.25, 0.3) is 0 Å². The number of imide groups is 1. The Morgan fingerprint density at radius 1 is 1.19 bits per heavy atom. The normalized spacial score (nSPS) is 21.3. The van der Waals surface area contributed by atoms with Gasteiger partial charge in [0.05, 0.1) is 23.8 Å². The van der Waals surface area contributed by atoms with Crippen LogP contribution in [-0.2, 0) is 15.2 Å². The largest absolute Gasteiger partial charge is 0.435 e. The summed E-state index contributed by atoms with van der Waals surface area (Å²) in [5.41, 5.74) is -0.195. The summed E-state index contributed by atoms with van der Waals surface area (Å²) in [5.74, 6) is -0.242. The number of thioether (sulfide) groups is 1. The van der Waals surface area contributed by atoms with E-state index in [1.54, 1.807) is 18.5 Å². The summed E-state index contributed by atoms with van der Waals surface area (Å²) in [6, 6.07) is 7.96. The molecule has 190 valence electrons. The molecule has 4 rings (SSSR count). The van der Waals surface area contributed by atoms with Crippen LogP contribution in [0, 0.1) is 6.92 Å². The highest BCUT2D eigenvalue weighted by atomic mass is 35.5. The summed E-state index contributed by atoms with van der Waals surface area (Å²) >= 11 is 13.4. The number of oxime groups is 1. The maximum Gasteiger partial charge on any atom is 0.435 e. The molecule has 0 spiro atoms. The van der Waals surface area contributed by atoms with E-state index in [0.717, 1.165) is 17.0 Å². The summed E-state index contributed by atoms with van der Waals surface area (Å²) < 4.78 is 42.8. The van der Waals surface area contributed by atoms with Crippen LogP contribution in [0.15, 0.2) is 46.5 Å². The SMILES string of the molecule is CC(=O)N(CC1CSC=N1)C(=O)c1ccc(C2=NOC(c3cc(Cl)cc(Cl)c3)(C(F)(F)F)C2)cc1C. The minimum Gasteiger partial charge on any atom is -0.374 e. The van der Waals surface area contributed by atoms with E-state index in [1.807, 2.05) is 0 Å². The lowest BCUT2D eigenvalue weighted by molar-refractivity contribution is -0.275. The van der Waals surface area contributed by atoms with Crippen molar-refractivity contribution < 1.29 is 27.6 Å². The number of aliphatic imine (C=N–C) groups is 1. The first-order chi connectivity index (χ1) is 16.9. The highest BCUT2D eigenvalue weighted by molar-refractivity contribution is 8.12. The molecule has 2 unspecified atom stereocenters. The average molecular weight is 558 g/mol. The number of rotatable bonds is 5. The van der Waals surface area contributed by atoms with Gasteiger partial charge in [0, 0.05) is 40.3 Å². The molecule has 2 aromatic carbocycles. The van der Waals surface area contributed by atoms with Crippen molar-refractivity contribution in [3.8, 4) is 0 Å². The van der Waals surface area contributed by atoms with Crippen molar-refractivity contribution in [3.05, 3.63) is 68.7 Å². The number of amides is 2. The molecule has 36 heavy (non-hydrogen) atoms. The molecule has 0 fully saturated rings. The van der Waals surface area contributed by atoms with Gasteiger partial charge in [-0.1, -0.05) is 34.4 Å². The fourth-order valence-corrected chi connectivity index (χ4v) is 5.35. The van der Waals surface area contributed by atoms with Crippen LogP contribution in [-0.4, -0.2) is 52.5 Å². The van der Waals surface area contributed by atoms with Crippen molar-refractivity contribution in [1.29, 1.82) is 0 Å². The minimum atomic E-state index is -4.82. The van der Waals surface area contributed by atoms with Gasteiger partial charge in [0.1, 0.15) is 0 Å². The van der Waals surface area contributed by atoms with E-state index < -0.39 is 30.0 Å². The number of hydrogen-bond donors (Lipinski definition) is 0. The molecule has 2 atom stereocenters. The number of carbonyl (C=O) groups is 2. The van der Waals surface area contributed by atoms with Gasteiger partial charge in [0.25, 0.3) is 11.5 Å². The zero-order valence-corrected chi connectivity index (χ0v) is 21.4. The third-order valence-electron chi connectivity index (χ3n) is 5.96. The van der Waals surface area contributed by atoms with E-state index in [9.17, 15) is 22.8 Å². The molecule has 2 heterocycles. The van der Waals surface area contributed by atoms with Gasteiger partial charge in [0.2, 0.25) is 5.91 Å². The van der Waals surface area contributed by atoms with Crippen molar-refractivity contribution in [2.45, 2.75) is 38.1 Å². The third kappa shape index (κ3) is 5.12. The van der Waals surface area contributed by atoms with Crippen LogP contribution in [0.4, 0.5) is 13.2 Å². The standard InChI is InChI=1S/C24H20Cl2F3N3O3S/c1-13-5-15(3-4-20(13)22(34)32(14(2)33)10-19-11-36-12-30-19)21-9-23(35-31-21,24(27,28)29)16-6-17(25)8-18(26)7-16/h3-8,12,19H,9-11H2,1-2H3. The molecule has 0 aliphatic carbocycles. The fourth-order valence-electron chi connectivity index (χ4n) is 4.07. The van der Waals surface area contributed by atoms with Gasteiger partial charge >= 0.3 is 6.18 Å². The molecular weight excluding hydrogens is 538 g/mol. The molecule has 2 aliphatic rings. The number of carbonyl (C=O) groups excluding carboxylic acids is 2. The second kappa shape index (κ2) is 10.1. The van der Waals surface area contributed by atoms with Crippen molar-refractivity contribution in [2.24, 2.45) is 10.1 Å². The Bertz CT molecular complexity index is 1260. The van der Waals surface area contributed by atoms with Gasteiger partial charge in [-0.2, -0.15) is 13.2 Å². The maximum atomic E-state index is 14.3. The van der Waals surface area contributed by atoms with E-state index in [0.29, 0.717) is 16.9 Å². The molecule has 2 amide bonds. The summed E-state index contributed by atoms with van der Waals surface area (Å²) in [4.78, 5) is 35.7. The van der Waals surface area contributed by atoms with Gasteiger partial charge in [0.15, 0.2) is 0 Å². The van der Waals surface area contributed by atoms with Crippen LogP contribution < -0.4 is 0 Å². The molecular formula is C24H20Cl2F3N3O3S. The molecule has 6 nitrogen and oxygen atoms in total. The van der Waals surface area contributed by atoms with Crippen LogP contribution >= 0.6 is 35.0 Å². The first kappa shape index (κ1) is 26.5.